The highest BCUT2D eigenvalue weighted by molar-refractivity contribution is 6.15. The topological polar surface area (TPSA) is 69.8 Å². The number of aryl methyl sites for hydroxylation is 1. The lowest BCUT2D eigenvalue weighted by Gasteiger charge is -1.96. The first-order chi connectivity index (χ1) is 9.72. The number of hydrogen-bond donors (Lipinski definition) is 1. The number of carbonyl (C=O) groups excluding carboxylic acids is 1. The summed E-state index contributed by atoms with van der Waals surface area (Å²) in [7, 11) is 0. The molecule has 0 saturated heterocycles. The Labute approximate surface area is 115 Å². The van der Waals surface area contributed by atoms with Crippen molar-refractivity contribution in [2.45, 2.75) is 13.3 Å². The maximum absolute atomic E-state index is 12.4. The fourth-order valence-electron chi connectivity index (χ4n) is 2.21. The third-order valence-corrected chi connectivity index (χ3v) is 3.29. The molecule has 0 fully saturated rings. The lowest BCUT2D eigenvalue weighted by molar-refractivity contribution is 0.101. The molecule has 1 N–H and O–H groups in total. The largest absolute Gasteiger partial charge is 0.458 e. The van der Waals surface area contributed by atoms with E-state index in [4.69, 9.17) is 9.68 Å². The van der Waals surface area contributed by atoms with E-state index in [0.29, 0.717) is 16.9 Å². The Morgan fingerprint density at radius 1 is 1.35 bits per heavy atom. The number of furan rings is 1. The van der Waals surface area contributed by atoms with Crippen molar-refractivity contribution >= 4 is 16.7 Å². The van der Waals surface area contributed by atoms with Gasteiger partial charge in [-0.1, -0.05) is 13.0 Å². The van der Waals surface area contributed by atoms with Crippen molar-refractivity contribution < 1.29 is 9.21 Å². The zero-order valence-electron chi connectivity index (χ0n) is 10.9. The minimum Gasteiger partial charge on any atom is -0.458 e. The average molecular weight is 264 g/mol. The Kier molecular flexibility index (Phi) is 2.88. The summed E-state index contributed by atoms with van der Waals surface area (Å²) in [4.78, 5) is 15.4. The van der Waals surface area contributed by atoms with Gasteiger partial charge in [-0.15, -0.1) is 0 Å². The molecular weight excluding hydrogens is 252 g/mol. The summed E-state index contributed by atoms with van der Waals surface area (Å²) < 4.78 is 5.50. The van der Waals surface area contributed by atoms with E-state index in [1.54, 1.807) is 30.5 Å². The maximum atomic E-state index is 12.4. The Hall–Kier alpha value is -2.80. The highest BCUT2D eigenvalue weighted by Crippen LogP contribution is 2.23. The highest BCUT2D eigenvalue weighted by Gasteiger charge is 2.17. The van der Waals surface area contributed by atoms with Gasteiger partial charge in [0, 0.05) is 23.5 Å². The minimum atomic E-state index is -0.152. The summed E-state index contributed by atoms with van der Waals surface area (Å²) >= 11 is 0. The molecule has 0 aliphatic carbocycles. The van der Waals surface area contributed by atoms with Crippen LogP contribution >= 0.6 is 0 Å². The lowest BCUT2D eigenvalue weighted by Crippen LogP contribution is -1.98. The number of carbonyl (C=O) groups is 1. The van der Waals surface area contributed by atoms with Gasteiger partial charge in [0.05, 0.1) is 17.2 Å². The van der Waals surface area contributed by atoms with Gasteiger partial charge in [-0.25, -0.2) is 0 Å². The molecule has 4 nitrogen and oxygen atoms in total. The molecule has 0 amide bonds. The molecule has 1 aromatic carbocycles. The van der Waals surface area contributed by atoms with Gasteiger partial charge in [-0.3, -0.25) is 4.79 Å². The number of aromatic amines is 1. The molecule has 2 aromatic heterocycles. The van der Waals surface area contributed by atoms with Gasteiger partial charge < -0.3 is 9.40 Å². The van der Waals surface area contributed by atoms with Gasteiger partial charge in [-0.2, -0.15) is 5.26 Å². The fraction of sp³-hybridized carbons (Fsp3) is 0.125. The van der Waals surface area contributed by atoms with E-state index in [2.05, 4.69) is 11.1 Å². The van der Waals surface area contributed by atoms with Crippen molar-refractivity contribution in [3.05, 3.63) is 59.2 Å². The standard InChI is InChI=1S/C16H12N2O2/c1-2-11-4-6-15(20-11)16(19)13-9-18-14-7-10(8-17)3-5-12(13)14/h3-7,9,18H,2H2,1H3. The lowest BCUT2D eigenvalue weighted by atomic mass is 10.1. The third kappa shape index (κ3) is 1.90. The second kappa shape index (κ2) is 4.71. The van der Waals surface area contributed by atoms with Gasteiger partial charge in [0.1, 0.15) is 5.76 Å². The molecule has 0 aliphatic rings. The number of fused-ring (bicyclic) bond motifs is 1. The van der Waals surface area contributed by atoms with Crippen LogP contribution in [0.3, 0.4) is 0 Å². The molecule has 0 aliphatic heterocycles. The molecule has 0 atom stereocenters. The Morgan fingerprint density at radius 2 is 2.20 bits per heavy atom. The van der Waals surface area contributed by atoms with Crippen LogP contribution in [-0.2, 0) is 6.42 Å². The molecule has 20 heavy (non-hydrogen) atoms. The smallest absolute Gasteiger partial charge is 0.230 e. The predicted octanol–water partition coefficient (Wildman–Crippen LogP) is 3.43. The number of nitrogens with zero attached hydrogens (tertiary/aromatic N) is 1. The van der Waals surface area contributed by atoms with E-state index >= 15 is 0 Å². The first-order valence-electron chi connectivity index (χ1n) is 6.37. The zero-order valence-corrected chi connectivity index (χ0v) is 10.9. The number of rotatable bonds is 3. The van der Waals surface area contributed by atoms with Crippen molar-refractivity contribution in [2.24, 2.45) is 0 Å². The number of H-pyrrole nitrogens is 1. The van der Waals surface area contributed by atoms with Crippen LogP contribution in [0.2, 0.25) is 0 Å². The molecule has 4 heteroatoms. The molecule has 3 aromatic rings. The molecule has 0 spiro atoms. The maximum Gasteiger partial charge on any atom is 0.230 e. The van der Waals surface area contributed by atoms with Crippen LogP contribution in [0.5, 0.6) is 0 Å². The van der Waals surface area contributed by atoms with Crippen LogP contribution in [0.25, 0.3) is 10.9 Å². The molecule has 0 unspecified atom stereocenters. The average Bonchev–Trinajstić information content (AvgIpc) is 3.12. The van der Waals surface area contributed by atoms with E-state index in [1.165, 1.54) is 0 Å². The van der Waals surface area contributed by atoms with E-state index < -0.39 is 0 Å². The predicted molar refractivity (Wildman–Crippen MR) is 74.5 cm³/mol. The molecule has 0 saturated carbocycles. The highest BCUT2D eigenvalue weighted by atomic mass is 16.3. The third-order valence-electron chi connectivity index (χ3n) is 3.29. The molecule has 0 bridgehead atoms. The normalized spacial score (nSPS) is 10.6. The Balaban J connectivity index is 2.06. The minimum absolute atomic E-state index is 0.152. The second-order valence-corrected chi connectivity index (χ2v) is 4.52. The van der Waals surface area contributed by atoms with Crippen LogP contribution in [0.15, 0.2) is 40.9 Å². The molecule has 2 heterocycles. The molecular formula is C16H12N2O2. The van der Waals surface area contributed by atoms with Gasteiger partial charge in [0.25, 0.3) is 0 Å². The first-order valence-corrected chi connectivity index (χ1v) is 6.37. The molecule has 3 rings (SSSR count). The number of nitriles is 1. The van der Waals surface area contributed by atoms with Crippen molar-refractivity contribution in [1.82, 2.24) is 4.98 Å². The number of benzene rings is 1. The molecule has 98 valence electrons. The SMILES string of the molecule is CCc1ccc(C(=O)c2c[nH]c3cc(C#N)ccc23)o1. The van der Waals surface area contributed by atoms with E-state index in [-0.39, 0.29) is 5.78 Å². The van der Waals surface area contributed by atoms with Gasteiger partial charge >= 0.3 is 0 Å². The van der Waals surface area contributed by atoms with Crippen LogP contribution in [0.1, 0.15) is 34.4 Å². The first kappa shape index (κ1) is 12.2. The summed E-state index contributed by atoms with van der Waals surface area (Å²) in [6.45, 7) is 1.97. The van der Waals surface area contributed by atoms with E-state index in [9.17, 15) is 4.79 Å². The number of nitrogens with one attached hydrogen (secondary N) is 1. The van der Waals surface area contributed by atoms with Crippen molar-refractivity contribution in [3.63, 3.8) is 0 Å². The van der Waals surface area contributed by atoms with Gasteiger partial charge in [0.2, 0.25) is 5.78 Å². The summed E-state index contributed by atoms with van der Waals surface area (Å²) in [5, 5.41) is 9.67. The summed E-state index contributed by atoms with van der Waals surface area (Å²) in [6, 6.07) is 10.8. The van der Waals surface area contributed by atoms with Gasteiger partial charge in [0.15, 0.2) is 5.76 Å². The number of hydrogen-bond acceptors (Lipinski definition) is 3. The molecule has 0 radical (unpaired) electrons. The van der Waals surface area contributed by atoms with E-state index in [0.717, 1.165) is 23.1 Å². The summed E-state index contributed by atoms with van der Waals surface area (Å²) in [5.41, 5.74) is 1.89. The quantitative estimate of drug-likeness (QED) is 0.737. The Morgan fingerprint density at radius 3 is 2.90 bits per heavy atom. The number of aromatic nitrogens is 1. The van der Waals surface area contributed by atoms with Crippen LogP contribution < -0.4 is 0 Å². The van der Waals surface area contributed by atoms with Crippen molar-refractivity contribution in [1.29, 1.82) is 5.26 Å². The van der Waals surface area contributed by atoms with Crippen molar-refractivity contribution in [2.75, 3.05) is 0 Å². The van der Waals surface area contributed by atoms with E-state index in [1.807, 2.05) is 13.0 Å². The summed E-state index contributed by atoms with van der Waals surface area (Å²) in [6.07, 6.45) is 2.41. The zero-order chi connectivity index (χ0) is 14.1. The van der Waals surface area contributed by atoms with Crippen LogP contribution in [0.4, 0.5) is 0 Å². The van der Waals surface area contributed by atoms with Crippen LogP contribution in [0, 0.1) is 11.3 Å². The van der Waals surface area contributed by atoms with Gasteiger partial charge in [-0.05, 0) is 24.3 Å². The number of ketones is 1. The fourth-order valence-corrected chi connectivity index (χ4v) is 2.21. The summed E-state index contributed by atoms with van der Waals surface area (Å²) in [5.74, 6) is 0.979. The van der Waals surface area contributed by atoms with Crippen LogP contribution in [-0.4, -0.2) is 10.8 Å². The second-order valence-electron chi connectivity index (χ2n) is 4.52. The Bertz CT molecular complexity index is 834. The monoisotopic (exact) mass is 264 g/mol. The van der Waals surface area contributed by atoms with Crippen molar-refractivity contribution in [3.8, 4) is 6.07 Å².